The van der Waals surface area contributed by atoms with E-state index >= 15 is 0 Å². The van der Waals surface area contributed by atoms with Gasteiger partial charge in [0.15, 0.2) is 5.75 Å². The summed E-state index contributed by atoms with van der Waals surface area (Å²) in [6, 6.07) is 15.1. The van der Waals surface area contributed by atoms with Crippen molar-refractivity contribution in [3.8, 4) is 11.5 Å². The molecule has 0 bridgehead atoms. The molecule has 2 aromatic carbocycles. The van der Waals surface area contributed by atoms with Crippen molar-refractivity contribution >= 4 is 17.7 Å². The molecule has 7 nitrogen and oxygen atoms in total. The number of hydrogen-bond acceptors (Lipinski definition) is 5. The van der Waals surface area contributed by atoms with E-state index in [9.17, 15) is 9.59 Å². The highest BCUT2D eigenvalue weighted by Crippen LogP contribution is 2.29. The molecule has 0 aliphatic carbocycles. The number of hydrogen-bond donors (Lipinski definition) is 1. The molecule has 1 heterocycles. The van der Waals surface area contributed by atoms with Gasteiger partial charge < -0.3 is 19.7 Å². The molecule has 2 aromatic rings. The summed E-state index contributed by atoms with van der Waals surface area (Å²) in [5.41, 5.74) is 1.78. The summed E-state index contributed by atoms with van der Waals surface area (Å²) in [4.78, 5) is 28.0. The van der Waals surface area contributed by atoms with Crippen LogP contribution in [0.15, 0.2) is 48.5 Å². The van der Waals surface area contributed by atoms with Crippen molar-refractivity contribution in [1.82, 2.24) is 9.80 Å². The average molecular weight is 397 g/mol. The smallest absolute Gasteiger partial charge is 0.409 e. The van der Waals surface area contributed by atoms with Crippen LogP contribution in [0.1, 0.15) is 12.5 Å². The van der Waals surface area contributed by atoms with Crippen LogP contribution in [0, 0.1) is 6.92 Å². The summed E-state index contributed by atoms with van der Waals surface area (Å²) in [6.45, 7) is 6.81. The van der Waals surface area contributed by atoms with Crippen molar-refractivity contribution in [2.75, 3.05) is 44.6 Å². The zero-order chi connectivity index (χ0) is 20.6. The van der Waals surface area contributed by atoms with Gasteiger partial charge >= 0.3 is 6.09 Å². The highest BCUT2D eigenvalue weighted by atomic mass is 16.6. The zero-order valence-electron chi connectivity index (χ0n) is 16.9. The van der Waals surface area contributed by atoms with Crippen LogP contribution < -0.4 is 10.1 Å². The molecular weight excluding hydrogens is 370 g/mol. The number of benzene rings is 2. The van der Waals surface area contributed by atoms with Crippen LogP contribution in [-0.2, 0) is 9.53 Å². The van der Waals surface area contributed by atoms with Gasteiger partial charge in [0.1, 0.15) is 5.75 Å². The highest BCUT2D eigenvalue weighted by molar-refractivity contribution is 5.93. The Kier molecular flexibility index (Phi) is 7.08. The number of carbonyl (C=O) groups excluding carboxylic acids is 2. The predicted octanol–water partition coefficient (Wildman–Crippen LogP) is 3.50. The Morgan fingerprint density at radius 1 is 1.00 bits per heavy atom. The number of para-hydroxylation sites is 2. The lowest BCUT2D eigenvalue weighted by Crippen LogP contribution is -2.50. The van der Waals surface area contributed by atoms with Gasteiger partial charge in [-0.2, -0.15) is 0 Å². The minimum atomic E-state index is -0.293. The van der Waals surface area contributed by atoms with Crippen molar-refractivity contribution in [2.24, 2.45) is 0 Å². The molecular formula is C22H27N3O4. The molecule has 1 fully saturated rings. The second-order valence-corrected chi connectivity index (χ2v) is 6.92. The van der Waals surface area contributed by atoms with E-state index < -0.39 is 0 Å². The number of nitrogens with one attached hydrogen (secondary N) is 1. The molecule has 0 saturated carbocycles. The van der Waals surface area contributed by atoms with E-state index in [1.54, 1.807) is 11.8 Å². The van der Waals surface area contributed by atoms with E-state index in [-0.39, 0.29) is 18.5 Å². The van der Waals surface area contributed by atoms with Crippen molar-refractivity contribution in [2.45, 2.75) is 13.8 Å². The summed E-state index contributed by atoms with van der Waals surface area (Å²) >= 11 is 0. The third-order valence-electron chi connectivity index (χ3n) is 4.68. The number of anilines is 1. The first kappa shape index (κ1) is 20.7. The lowest BCUT2D eigenvalue weighted by molar-refractivity contribution is -0.117. The first-order valence-electron chi connectivity index (χ1n) is 9.82. The van der Waals surface area contributed by atoms with Gasteiger partial charge in [-0.25, -0.2) is 4.79 Å². The van der Waals surface area contributed by atoms with Gasteiger partial charge in [-0.15, -0.1) is 0 Å². The van der Waals surface area contributed by atoms with E-state index in [1.807, 2.05) is 60.4 Å². The molecule has 154 valence electrons. The van der Waals surface area contributed by atoms with E-state index in [4.69, 9.17) is 9.47 Å². The monoisotopic (exact) mass is 397 g/mol. The molecule has 0 spiro atoms. The second-order valence-electron chi connectivity index (χ2n) is 6.92. The minimum Gasteiger partial charge on any atom is -0.455 e. The Morgan fingerprint density at radius 3 is 2.38 bits per heavy atom. The molecule has 7 heteroatoms. The Hall–Kier alpha value is -3.06. The van der Waals surface area contributed by atoms with Gasteiger partial charge in [-0.05, 0) is 38.1 Å². The largest absolute Gasteiger partial charge is 0.455 e. The molecule has 3 rings (SSSR count). The van der Waals surface area contributed by atoms with Crippen LogP contribution in [-0.4, -0.2) is 61.1 Å². The van der Waals surface area contributed by atoms with Crippen molar-refractivity contribution < 1.29 is 19.1 Å². The molecule has 0 unspecified atom stereocenters. The van der Waals surface area contributed by atoms with E-state index in [0.29, 0.717) is 50.0 Å². The summed E-state index contributed by atoms with van der Waals surface area (Å²) in [6.07, 6.45) is -0.293. The lowest BCUT2D eigenvalue weighted by Gasteiger charge is -2.33. The van der Waals surface area contributed by atoms with Gasteiger partial charge in [0, 0.05) is 26.2 Å². The normalized spacial score (nSPS) is 14.3. The molecule has 2 amide bonds. The molecule has 0 atom stereocenters. The van der Waals surface area contributed by atoms with Crippen LogP contribution in [0.5, 0.6) is 11.5 Å². The summed E-state index contributed by atoms with van der Waals surface area (Å²) in [7, 11) is 0. The summed E-state index contributed by atoms with van der Waals surface area (Å²) < 4.78 is 11.0. The van der Waals surface area contributed by atoms with E-state index in [1.165, 1.54) is 0 Å². The average Bonchev–Trinajstić information content (AvgIpc) is 2.72. The number of amides is 2. The number of rotatable bonds is 6. The first-order chi connectivity index (χ1) is 14.0. The maximum absolute atomic E-state index is 12.5. The number of aryl methyl sites for hydroxylation is 1. The van der Waals surface area contributed by atoms with Crippen molar-refractivity contribution in [3.63, 3.8) is 0 Å². The number of carbonyl (C=O) groups is 2. The standard InChI is InChI=1S/C22H27N3O4/c1-3-28-22(27)25-14-12-24(13-15-25)16-21(26)23-19-6-4-5-7-20(19)29-18-10-8-17(2)9-11-18/h4-11H,3,12-16H2,1-2H3,(H,23,26). The number of nitrogens with zero attached hydrogens (tertiary/aromatic N) is 2. The topological polar surface area (TPSA) is 71.1 Å². The molecule has 29 heavy (non-hydrogen) atoms. The Morgan fingerprint density at radius 2 is 1.69 bits per heavy atom. The van der Waals surface area contributed by atoms with Crippen LogP contribution >= 0.6 is 0 Å². The number of ether oxygens (including phenoxy) is 2. The van der Waals surface area contributed by atoms with E-state index in [2.05, 4.69) is 5.32 Å². The fourth-order valence-electron chi connectivity index (χ4n) is 3.09. The fourth-order valence-corrected chi connectivity index (χ4v) is 3.09. The first-order valence-corrected chi connectivity index (χ1v) is 9.82. The molecule has 1 saturated heterocycles. The minimum absolute atomic E-state index is 0.116. The maximum Gasteiger partial charge on any atom is 0.409 e. The number of piperazine rings is 1. The van der Waals surface area contributed by atoms with E-state index in [0.717, 1.165) is 5.56 Å². The highest BCUT2D eigenvalue weighted by Gasteiger charge is 2.23. The third-order valence-corrected chi connectivity index (χ3v) is 4.68. The fraction of sp³-hybridized carbons (Fsp3) is 0.364. The van der Waals surface area contributed by atoms with Gasteiger partial charge in [-0.3, -0.25) is 9.69 Å². The van der Waals surface area contributed by atoms with Crippen LogP contribution in [0.4, 0.5) is 10.5 Å². The SMILES string of the molecule is CCOC(=O)N1CCN(CC(=O)Nc2ccccc2Oc2ccc(C)cc2)CC1. The van der Waals surface area contributed by atoms with Gasteiger partial charge in [0.05, 0.1) is 18.8 Å². The van der Waals surface area contributed by atoms with Gasteiger partial charge in [0.2, 0.25) is 5.91 Å². The molecule has 0 radical (unpaired) electrons. The molecule has 0 aromatic heterocycles. The quantitative estimate of drug-likeness (QED) is 0.808. The second kappa shape index (κ2) is 9.93. The van der Waals surface area contributed by atoms with Crippen LogP contribution in [0.3, 0.4) is 0 Å². The molecule has 1 aliphatic heterocycles. The predicted molar refractivity (Wildman–Crippen MR) is 111 cm³/mol. The third kappa shape index (κ3) is 5.96. The van der Waals surface area contributed by atoms with Crippen molar-refractivity contribution in [1.29, 1.82) is 0 Å². The van der Waals surface area contributed by atoms with Gasteiger partial charge in [0.25, 0.3) is 0 Å². The Bertz CT molecular complexity index is 830. The van der Waals surface area contributed by atoms with Crippen LogP contribution in [0.2, 0.25) is 0 Å². The zero-order valence-corrected chi connectivity index (χ0v) is 16.9. The van der Waals surface area contributed by atoms with Crippen LogP contribution in [0.25, 0.3) is 0 Å². The summed E-state index contributed by atoms with van der Waals surface area (Å²) in [5.74, 6) is 1.19. The summed E-state index contributed by atoms with van der Waals surface area (Å²) in [5, 5.41) is 2.93. The lowest BCUT2D eigenvalue weighted by atomic mass is 10.2. The molecule has 1 aliphatic rings. The Labute approximate surface area is 171 Å². The van der Waals surface area contributed by atoms with Crippen molar-refractivity contribution in [3.05, 3.63) is 54.1 Å². The van der Waals surface area contributed by atoms with Gasteiger partial charge in [-0.1, -0.05) is 29.8 Å². The maximum atomic E-state index is 12.5. The Balaban J connectivity index is 1.53. The molecule has 1 N–H and O–H groups in total.